The van der Waals surface area contributed by atoms with Crippen LogP contribution < -0.4 is 15.0 Å². The van der Waals surface area contributed by atoms with Gasteiger partial charge in [0.2, 0.25) is 11.6 Å². The Hall–Kier alpha value is -4.14. The molecule has 2 heterocycles. The summed E-state index contributed by atoms with van der Waals surface area (Å²) >= 11 is 0. The highest BCUT2D eigenvalue weighted by molar-refractivity contribution is 5.85. The first-order valence-corrected chi connectivity index (χ1v) is 10.3. The SMILES string of the molecule is CC(C)N(C(=O)O)c1nnc2c(NCCc3ccc(Oc4ccccc4)cc3)nccn12. The Morgan fingerprint density at radius 2 is 1.81 bits per heavy atom. The van der Waals surface area contributed by atoms with Gasteiger partial charge < -0.3 is 15.2 Å². The molecule has 2 aromatic carbocycles. The van der Waals surface area contributed by atoms with Crippen molar-refractivity contribution in [3.05, 3.63) is 72.6 Å². The van der Waals surface area contributed by atoms with Crippen LogP contribution in [0.3, 0.4) is 0 Å². The van der Waals surface area contributed by atoms with Crippen LogP contribution >= 0.6 is 0 Å². The zero-order valence-corrected chi connectivity index (χ0v) is 17.8. The molecule has 0 spiro atoms. The maximum absolute atomic E-state index is 11.6. The van der Waals surface area contributed by atoms with Crippen molar-refractivity contribution in [2.45, 2.75) is 26.3 Å². The van der Waals surface area contributed by atoms with E-state index < -0.39 is 6.09 Å². The van der Waals surface area contributed by atoms with Crippen LogP contribution in [-0.2, 0) is 6.42 Å². The lowest BCUT2D eigenvalue weighted by molar-refractivity contribution is 0.199. The number of amides is 1. The molecule has 0 fully saturated rings. The average Bonchev–Trinajstić information content (AvgIpc) is 3.20. The number of aromatic nitrogens is 4. The van der Waals surface area contributed by atoms with Crippen molar-refractivity contribution in [2.75, 3.05) is 16.8 Å². The minimum Gasteiger partial charge on any atom is -0.465 e. The number of hydrogen-bond acceptors (Lipinski definition) is 6. The molecule has 164 valence electrons. The Kier molecular flexibility index (Phi) is 6.16. The van der Waals surface area contributed by atoms with Crippen LogP contribution in [0.25, 0.3) is 5.65 Å². The normalized spacial score (nSPS) is 11.0. The van der Waals surface area contributed by atoms with Crippen molar-refractivity contribution < 1.29 is 14.6 Å². The van der Waals surface area contributed by atoms with Crippen molar-refractivity contribution in [1.82, 2.24) is 19.6 Å². The van der Waals surface area contributed by atoms with Gasteiger partial charge in [-0.15, -0.1) is 10.2 Å². The van der Waals surface area contributed by atoms with Crippen LogP contribution in [0.1, 0.15) is 19.4 Å². The Morgan fingerprint density at radius 3 is 2.50 bits per heavy atom. The van der Waals surface area contributed by atoms with Crippen molar-refractivity contribution in [2.24, 2.45) is 0 Å². The lowest BCUT2D eigenvalue weighted by Gasteiger charge is -2.20. The summed E-state index contributed by atoms with van der Waals surface area (Å²) in [6.07, 6.45) is 2.93. The number of carboxylic acid groups (broad SMARTS) is 1. The minimum atomic E-state index is -1.08. The molecule has 4 rings (SSSR count). The number of rotatable bonds is 8. The smallest absolute Gasteiger partial charge is 0.414 e. The van der Waals surface area contributed by atoms with Crippen molar-refractivity contribution in [3.8, 4) is 11.5 Å². The van der Waals surface area contributed by atoms with Gasteiger partial charge in [-0.3, -0.25) is 4.40 Å². The van der Waals surface area contributed by atoms with Gasteiger partial charge in [0, 0.05) is 25.0 Å². The number of benzene rings is 2. The number of nitrogens with one attached hydrogen (secondary N) is 1. The molecule has 0 bridgehead atoms. The molecular formula is C23H24N6O3. The van der Waals surface area contributed by atoms with Crippen LogP contribution in [0, 0.1) is 0 Å². The summed E-state index contributed by atoms with van der Waals surface area (Å²) in [6, 6.07) is 17.3. The van der Waals surface area contributed by atoms with Gasteiger partial charge in [-0.2, -0.15) is 0 Å². The summed E-state index contributed by atoms with van der Waals surface area (Å²) in [5, 5.41) is 21.0. The number of ether oxygens (including phenoxy) is 1. The van der Waals surface area contributed by atoms with E-state index in [4.69, 9.17) is 4.74 Å². The van der Waals surface area contributed by atoms with E-state index in [0.717, 1.165) is 23.5 Å². The largest absolute Gasteiger partial charge is 0.465 e. The second kappa shape index (κ2) is 9.34. The second-order valence-electron chi connectivity index (χ2n) is 7.45. The average molecular weight is 432 g/mol. The number of fused-ring (bicyclic) bond motifs is 1. The molecule has 0 unspecified atom stereocenters. The molecule has 0 atom stereocenters. The number of hydrogen-bond donors (Lipinski definition) is 2. The van der Waals surface area contributed by atoms with Gasteiger partial charge in [0.15, 0.2) is 5.82 Å². The summed E-state index contributed by atoms with van der Waals surface area (Å²) in [7, 11) is 0. The van der Waals surface area contributed by atoms with Crippen LogP contribution in [0.4, 0.5) is 16.6 Å². The highest BCUT2D eigenvalue weighted by Gasteiger charge is 2.24. The fraction of sp³-hybridized carbons (Fsp3) is 0.217. The first-order chi connectivity index (χ1) is 15.5. The van der Waals surface area contributed by atoms with Gasteiger partial charge in [-0.1, -0.05) is 30.3 Å². The van der Waals surface area contributed by atoms with Crippen LogP contribution in [0.5, 0.6) is 11.5 Å². The maximum atomic E-state index is 11.6. The van der Waals surface area contributed by atoms with Gasteiger partial charge in [0.05, 0.1) is 0 Å². The fourth-order valence-corrected chi connectivity index (χ4v) is 3.31. The first-order valence-electron chi connectivity index (χ1n) is 10.3. The summed E-state index contributed by atoms with van der Waals surface area (Å²) in [4.78, 5) is 17.1. The topological polar surface area (TPSA) is 105 Å². The molecule has 1 amide bonds. The molecule has 9 heteroatoms. The Labute approximate surface area is 185 Å². The lowest BCUT2D eigenvalue weighted by atomic mass is 10.1. The van der Waals surface area contributed by atoms with E-state index in [1.165, 1.54) is 4.90 Å². The summed E-state index contributed by atoms with van der Waals surface area (Å²) < 4.78 is 7.45. The Bertz CT molecular complexity index is 1190. The van der Waals surface area contributed by atoms with Crippen molar-refractivity contribution >= 4 is 23.5 Å². The number of anilines is 2. The van der Waals surface area contributed by atoms with Gasteiger partial charge in [0.1, 0.15) is 11.5 Å². The molecular weight excluding hydrogens is 408 g/mol. The molecule has 2 aromatic heterocycles. The standard InChI is InChI=1S/C23H24N6O3/c1-16(2)29(23(30)31)22-27-26-21-20(25-14-15-28(21)22)24-13-12-17-8-10-19(11-9-17)32-18-6-4-3-5-7-18/h3-11,14-16H,12-13H2,1-2H3,(H,24,25)(H,30,31). The minimum absolute atomic E-state index is 0.238. The van der Waals surface area contributed by atoms with Crippen LogP contribution in [0.15, 0.2) is 67.0 Å². The summed E-state index contributed by atoms with van der Waals surface area (Å²) in [6.45, 7) is 4.19. The fourth-order valence-electron chi connectivity index (χ4n) is 3.31. The van der Waals surface area contributed by atoms with E-state index in [-0.39, 0.29) is 12.0 Å². The third-order valence-electron chi connectivity index (χ3n) is 4.86. The number of carbonyl (C=O) groups is 1. The Balaban J connectivity index is 1.41. The highest BCUT2D eigenvalue weighted by Crippen LogP contribution is 2.22. The number of nitrogens with zero attached hydrogens (tertiary/aromatic N) is 5. The molecule has 4 aromatic rings. The molecule has 2 N–H and O–H groups in total. The molecule has 32 heavy (non-hydrogen) atoms. The molecule has 9 nitrogen and oxygen atoms in total. The predicted octanol–water partition coefficient (Wildman–Crippen LogP) is 4.46. The van der Waals surface area contributed by atoms with Crippen LogP contribution in [0.2, 0.25) is 0 Å². The van der Waals surface area contributed by atoms with E-state index in [9.17, 15) is 9.90 Å². The van der Waals surface area contributed by atoms with Crippen molar-refractivity contribution in [3.63, 3.8) is 0 Å². The highest BCUT2D eigenvalue weighted by atomic mass is 16.5. The predicted molar refractivity (Wildman–Crippen MR) is 122 cm³/mol. The zero-order valence-electron chi connectivity index (χ0n) is 17.8. The third-order valence-corrected chi connectivity index (χ3v) is 4.86. The quantitative estimate of drug-likeness (QED) is 0.423. The van der Waals surface area contributed by atoms with Gasteiger partial charge >= 0.3 is 6.09 Å². The molecule has 0 saturated heterocycles. The number of para-hydroxylation sites is 1. The summed E-state index contributed by atoms with van der Waals surface area (Å²) in [5.74, 6) is 2.36. The summed E-state index contributed by atoms with van der Waals surface area (Å²) in [5.41, 5.74) is 1.62. The third kappa shape index (κ3) is 4.61. The molecule has 0 radical (unpaired) electrons. The molecule has 0 aliphatic carbocycles. The first kappa shape index (κ1) is 21.1. The van der Waals surface area contributed by atoms with Gasteiger partial charge in [0.25, 0.3) is 0 Å². The van der Waals surface area contributed by atoms with E-state index >= 15 is 0 Å². The monoisotopic (exact) mass is 432 g/mol. The van der Waals surface area contributed by atoms with E-state index in [2.05, 4.69) is 20.5 Å². The zero-order chi connectivity index (χ0) is 22.5. The van der Waals surface area contributed by atoms with Crippen molar-refractivity contribution in [1.29, 1.82) is 0 Å². The second-order valence-corrected chi connectivity index (χ2v) is 7.45. The lowest BCUT2D eigenvalue weighted by Crippen LogP contribution is -2.37. The van der Waals surface area contributed by atoms with Crippen LogP contribution in [-0.4, -0.2) is 43.4 Å². The van der Waals surface area contributed by atoms with E-state index in [1.54, 1.807) is 30.6 Å². The van der Waals surface area contributed by atoms with E-state index in [1.807, 2.05) is 54.6 Å². The maximum Gasteiger partial charge on any atom is 0.414 e. The van der Waals surface area contributed by atoms with Gasteiger partial charge in [-0.05, 0) is 50.1 Å². The molecule has 0 aliphatic rings. The van der Waals surface area contributed by atoms with Gasteiger partial charge in [-0.25, -0.2) is 14.7 Å². The Morgan fingerprint density at radius 1 is 1.09 bits per heavy atom. The molecule has 0 saturated carbocycles. The van der Waals surface area contributed by atoms with E-state index in [0.29, 0.717) is 18.0 Å². The molecule has 0 aliphatic heterocycles.